The maximum Gasteiger partial charge on any atom is 0.164 e. The van der Waals surface area contributed by atoms with Gasteiger partial charge in [-0.25, -0.2) is 15.0 Å². The van der Waals surface area contributed by atoms with Crippen molar-refractivity contribution in [2.75, 3.05) is 0 Å². The Morgan fingerprint density at radius 3 is 1.51 bits per heavy atom. The number of para-hydroxylation sites is 1. The van der Waals surface area contributed by atoms with E-state index in [1.165, 1.54) is 21.9 Å². The lowest BCUT2D eigenvalue weighted by atomic mass is 9.97. The van der Waals surface area contributed by atoms with Crippen molar-refractivity contribution in [2.45, 2.75) is 0 Å². The second-order valence-electron chi connectivity index (χ2n) is 15.5. The summed E-state index contributed by atoms with van der Waals surface area (Å²) in [6.07, 6.45) is 1.93. The number of hydrogen-bond donors (Lipinski definition) is 0. The molecule has 0 unspecified atom stereocenters. The average molecular weight is 779 g/mol. The lowest BCUT2D eigenvalue weighted by molar-refractivity contribution is 0.669. The Morgan fingerprint density at radius 2 is 0.820 bits per heavy atom. The molecule has 0 N–H and O–H groups in total. The number of hydrogen-bond acceptors (Lipinski definition) is 5. The molecule has 5 heteroatoms. The lowest BCUT2D eigenvalue weighted by Crippen LogP contribution is -2.00. The number of fused-ring (bicyclic) bond motifs is 6. The Bertz CT molecular complexity index is 3630. The molecule has 3 heterocycles. The van der Waals surface area contributed by atoms with Crippen LogP contribution in [0, 0.1) is 0 Å². The third-order valence-corrected chi connectivity index (χ3v) is 11.7. The van der Waals surface area contributed by atoms with Gasteiger partial charge < -0.3 is 4.42 Å². The van der Waals surface area contributed by atoms with E-state index in [1.807, 2.05) is 36.5 Å². The summed E-state index contributed by atoms with van der Waals surface area (Å²) in [7, 11) is 0. The normalized spacial score (nSPS) is 11.6. The summed E-state index contributed by atoms with van der Waals surface area (Å²) in [5.41, 5.74) is 12.1. The zero-order valence-electron chi connectivity index (χ0n) is 32.8. The maximum absolute atomic E-state index is 6.47. The predicted octanol–water partition coefficient (Wildman–Crippen LogP) is 14.6. The summed E-state index contributed by atoms with van der Waals surface area (Å²) in [4.78, 5) is 20.2. The summed E-state index contributed by atoms with van der Waals surface area (Å²) < 4.78 is 6.47. The van der Waals surface area contributed by atoms with Gasteiger partial charge in [-0.1, -0.05) is 158 Å². The van der Waals surface area contributed by atoms with E-state index in [0.717, 1.165) is 82.6 Å². The summed E-state index contributed by atoms with van der Waals surface area (Å²) in [6.45, 7) is 0. The maximum atomic E-state index is 6.47. The van der Waals surface area contributed by atoms with Crippen molar-refractivity contribution >= 4 is 54.4 Å². The van der Waals surface area contributed by atoms with Crippen LogP contribution in [0.5, 0.6) is 0 Å². The van der Waals surface area contributed by atoms with Gasteiger partial charge in [0.25, 0.3) is 0 Å². The van der Waals surface area contributed by atoms with Crippen LogP contribution in [0.15, 0.2) is 211 Å². The van der Waals surface area contributed by atoms with Crippen LogP contribution >= 0.6 is 0 Å². The van der Waals surface area contributed by atoms with Gasteiger partial charge in [0.15, 0.2) is 17.5 Å². The van der Waals surface area contributed by atoms with Crippen LogP contribution in [-0.2, 0) is 0 Å². The molecule has 12 rings (SSSR count). The molecular weight excluding hydrogens is 745 g/mol. The SMILES string of the molecule is c1ccc(-c2ccc3cc(-c4ccc(-c5nc(-c6ccc(-c7cnc8ccccc8c7)cc6)nc(-c6cccc7oc8cc9ccccc9cc8c67)n5)cc4)ccc3c2)cc1. The monoisotopic (exact) mass is 778 g/mol. The van der Waals surface area contributed by atoms with Crippen LogP contribution in [0.3, 0.4) is 0 Å². The van der Waals surface area contributed by atoms with Crippen LogP contribution in [0.1, 0.15) is 0 Å². The lowest BCUT2D eigenvalue weighted by Gasteiger charge is -2.11. The molecule has 61 heavy (non-hydrogen) atoms. The van der Waals surface area contributed by atoms with Gasteiger partial charge in [0, 0.05) is 44.6 Å². The molecule has 0 aliphatic heterocycles. The van der Waals surface area contributed by atoms with E-state index in [9.17, 15) is 0 Å². The smallest absolute Gasteiger partial charge is 0.164 e. The van der Waals surface area contributed by atoms with E-state index in [0.29, 0.717) is 17.5 Å². The zero-order valence-corrected chi connectivity index (χ0v) is 32.8. The van der Waals surface area contributed by atoms with Gasteiger partial charge in [-0.2, -0.15) is 0 Å². The number of rotatable bonds is 6. The van der Waals surface area contributed by atoms with Crippen molar-refractivity contribution in [3.8, 4) is 67.5 Å². The first kappa shape index (κ1) is 34.7. The standard InChI is InChI=1S/C56H34N4O/c1-2-9-35(10-3-1)42-25-27-45-30-43(26-28-44(45)29-42)36-17-21-38(22-18-36)54-58-55(39-23-19-37(20-24-39)47-31-46-13-6-7-15-50(46)57-34-47)60-56(59-54)48-14-8-16-51-53(48)49-32-40-11-4-5-12-41(40)33-52(49)61-51/h1-34H. The zero-order chi connectivity index (χ0) is 40.3. The Kier molecular flexibility index (Phi) is 8.10. The van der Waals surface area contributed by atoms with Gasteiger partial charge in [-0.3, -0.25) is 4.98 Å². The summed E-state index contributed by atoms with van der Waals surface area (Å²) in [5.74, 6) is 1.77. The van der Waals surface area contributed by atoms with Crippen molar-refractivity contribution < 1.29 is 4.42 Å². The highest BCUT2D eigenvalue weighted by molar-refractivity contribution is 6.15. The number of benzene rings is 9. The minimum absolute atomic E-state index is 0.581. The van der Waals surface area contributed by atoms with E-state index in [1.54, 1.807) is 0 Å². The first-order valence-corrected chi connectivity index (χ1v) is 20.4. The molecule has 0 spiro atoms. The first-order chi connectivity index (χ1) is 30.2. The summed E-state index contributed by atoms with van der Waals surface area (Å²) in [6, 6.07) is 69.9. The molecule has 0 atom stereocenters. The third-order valence-electron chi connectivity index (χ3n) is 11.7. The number of furan rings is 1. The fourth-order valence-electron chi connectivity index (χ4n) is 8.54. The van der Waals surface area contributed by atoms with E-state index in [4.69, 9.17) is 24.4 Å². The minimum Gasteiger partial charge on any atom is -0.456 e. The average Bonchev–Trinajstić information content (AvgIpc) is 3.70. The predicted molar refractivity (Wildman–Crippen MR) is 250 cm³/mol. The van der Waals surface area contributed by atoms with Crippen LogP contribution in [0.2, 0.25) is 0 Å². The van der Waals surface area contributed by atoms with Gasteiger partial charge in [0.2, 0.25) is 0 Å². The Hall–Kier alpha value is -8.28. The van der Waals surface area contributed by atoms with E-state index in [-0.39, 0.29) is 0 Å². The molecular formula is C56H34N4O. The van der Waals surface area contributed by atoms with Crippen LogP contribution in [0.25, 0.3) is 122 Å². The first-order valence-electron chi connectivity index (χ1n) is 20.4. The van der Waals surface area contributed by atoms with Gasteiger partial charge >= 0.3 is 0 Å². The molecule has 0 amide bonds. The van der Waals surface area contributed by atoms with Crippen LogP contribution in [0.4, 0.5) is 0 Å². The summed E-state index contributed by atoms with van der Waals surface area (Å²) >= 11 is 0. The number of nitrogens with zero attached hydrogens (tertiary/aromatic N) is 4. The Morgan fingerprint density at radius 1 is 0.311 bits per heavy atom. The van der Waals surface area contributed by atoms with E-state index >= 15 is 0 Å². The van der Waals surface area contributed by atoms with Crippen LogP contribution < -0.4 is 0 Å². The number of aromatic nitrogens is 4. The van der Waals surface area contributed by atoms with Crippen molar-refractivity contribution in [3.63, 3.8) is 0 Å². The highest BCUT2D eigenvalue weighted by Crippen LogP contribution is 2.39. The van der Waals surface area contributed by atoms with E-state index < -0.39 is 0 Å². The quantitative estimate of drug-likeness (QED) is 0.168. The van der Waals surface area contributed by atoms with Crippen molar-refractivity contribution in [3.05, 3.63) is 206 Å². The topological polar surface area (TPSA) is 64.7 Å². The molecule has 0 radical (unpaired) electrons. The molecule has 0 aliphatic rings. The second kappa shape index (κ2) is 14.2. The molecule has 0 saturated carbocycles. The van der Waals surface area contributed by atoms with Crippen molar-refractivity contribution in [2.24, 2.45) is 0 Å². The van der Waals surface area contributed by atoms with Gasteiger partial charge in [0.1, 0.15) is 11.2 Å². The molecule has 0 saturated heterocycles. The molecule has 0 fully saturated rings. The Balaban J connectivity index is 0.956. The molecule has 3 aromatic heterocycles. The highest BCUT2D eigenvalue weighted by atomic mass is 16.3. The largest absolute Gasteiger partial charge is 0.456 e. The molecule has 0 aliphatic carbocycles. The fraction of sp³-hybridized carbons (Fsp3) is 0. The van der Waals surface area contributed by atoms with Crippen molar-refractivity contribution in [1.82, 2.24) is 19.9 Å². The molecule has 284 valence electrons. The molecule has 5 nitrogen and oxygen atoms in total. The summed E-state index contributed by atoms with van der Waals surface area (Å²) in [5, 5.41) is 7.80. The molecule has 9 aromatic carbocycles. The van der Waals surface area contributed by atoms with Crippen molar-refractivity contribution in [1.29, 1.82) is 0 Å². The minimum atomic E-state index is 0.581. The number of pyridine rings is 1. The second-order valence-corrected chi connectivity index (χ2v) is 15.5. The molecule has 0 bridgehead atoms. The van der Waals surface area contributed by atoms with Crippen LogP contribution in [-0.4, -0.2) is 19.9 Å². The fourth-order valence-corrected chi connectivity index (χ4v) is 8.54. The molecule has 12 aromatic rings. The van der Waals surface area contributed by atoms with E-state index in [2.05, 4.69) is 170 Å². The Labute approximate surface area is 351 Å². The third kappa shape index (κ3) is 6.28. The van der Waals surface area contributed by atoms with Gasteiger partial charge in [-0.05, 0) is 91.8 Å². The highest BCUT2D eigenvalue weighted by Gasteiger charge is 2.19. The van der Waals surface area contributed by atoms with Gasteiger partial charge in [0.05, 0.1) is 5.52 Å². The van der Waals surface area contributed by atoms with Gasteiger partial charge in [-0.15, -0.1) is 0 Å².